The van der Waals surface area contributed by atoms with Crippen LogP contribution in [0.3, 0.4) is 0 Å². The van der Waals surface area contributed by atoms with Crippen LogP contribution < -0.4 is 9.64 Å². The Morgan fingerprint density at radius 1 is 1.08 bits per heavy atom. The molecule has 37 heavy (non-hydrogen) atoms. The fraction of sp³-hybridized carbons (Fsp3) is 0.308. The summed E-state index contributed by atoms with van der Waals surface area (Å²) >= 11 is 0. The lowest BCUT2D eigenvalue weighted by atomic mass is 10.0. The molecule has 4 heterocycles. The second kappa shape index (κ2) is 8.27. The molecular formula is C26H24F3N5O3. The van der Waals surface area contributed by atoms with Crippen molar-refractivity contribution in [2.75, 3.05) is 4.90 Å². The first-order chi connectivity index (χ1) is 17.3. The number of aromatic nitrogens is 4. The number of carbonyl (C=O) groups excluding carboxylic acids is 1. The Morgan fingerprint density at radius 3 is 2.41 bits per heavy atom. The van der Waals surface area contributed by atoms with E-state index in [1.54, 1.807) is 25.2 Å². The number of hydrogen-bond donors (Lipinski definition) is 1. The number of hydrogen-bond acceptors (Lipinski definition) is 6. The van der Waals surface area contributed by atoms with Gasteiger partial charge in [0.15, 0.2) is 23.0 Å². The Hall–Kier alpha value is -3.99. The third-order valence-corrected chi connectivity index (χ3v) is 6.22. The number of aryl methyl sites for hydroxylation is 1. The summed E-state index contributed by atoms with van der Waals surface area (Å²) in [4.78, 5) is 27.2. The minimum Gasteiger partial charge on any atom is -0.473 e. The van der Waals surface area contributed by atoms with Gasteiger partial charge in [0.05, 0.1) is 23.6 Å². The Kier molecular flexibility index (Phi) is 5.52. The van der Waals surface area contributed by atoms with Crippen molar-refractivity contribution >= 4 is 17.2 Å². The zero-order valence-corrected chi connectivity index (χ0v) is 20.8. The summed E-state index contributed by atoms with van der Waals surface area (Å²) in [7, 11) is 0. The van der Waals surface area contributed by atoms with Crippen LogP contribution in [0, 0.1) is 24.4 Å². The lowest BCUT2D eigenvalue weighted by Crippen LogP contribution is -2.52. The maximum absolute atomic E-state index is 15.1. The molecule has 11 heteroatoms. The van der Waals surface area contributed by atoms with E-state index in [0.29, 0.717) is 23.0 Å². The monoisotopic (exact) mass is 511 g/mol. The standard InChI is InChI=1S/C26H24F3N5O3/c1-13-20(12-34-19-7-15(27)6-18(29)22(19)37-26(4,5)24(34)35)33-11-16(17(28)8-21(33)32-13)14-9-30-23(31-10-14)25(2,3)36/h6-11,36H,12H2,1-5H3. The van der Waals surface area contributed by atoms with E-state index in [1.165, 1.54) is 43.4 Å². The van der Waals surface area contributed by atoms with E-state index in [1.807, 2.05) is 0 Å². The van der Waals surface area contributed by atoms with Crippen LogP contribution in [0.4, 0.5) is 18.9 Å². The van der Waals surface area contributed by atoms with E-state index >= 15 is 4.39 Å². The zero-order valence-electron chi connectivity index (χ0n) is 20.8. The molecular weight excluding hydrogens is 487 g/mol. The van der Waals surface area contributed by atoms with E-state index in [-0.39, 0.29) is 35.0 Å². The van der Waals surface area contributed by atoms with Gasteiger partial charge in [-0.05, 0) is 34.6 Å². The van der Waals surface area contributed by atoms with Gasteiger partial charge in [-0.25, -0.2) is 28.1 Å². The summed E-state index contributed by atoms with van der Waals surface area (Å²) < 4.78 is 51.0. The maximum Gasteiger partial charge on any atom is 0.271 e. The second-order valence-corrected chi connectivity index (χ2v) is 10.0. The molecule has 0 bridgehead atoms. The number of aliphatic hydroxyl groups is 1. The molecule has 4 aromatic rings. The Bertz CT molecular complexity index is 1560. The molecule has 8 nitrogen and oxygen atoms in total. The highest BCUT2D eigenvalue weighted by Crippen LogP contribution is 2.41. The number of carbonyl (C=O) groups is 1. The van der Waals surface area contributed by atoms with Crippen molar-refractivity contribution < 1.29 is 27.8 Å². The van der Waals surface area contributed by atoms with Gasteiger partial charge in [-0.2, -0.15) is 0 Å². The predicted molar refractivity (Wildman–Crippen MR) is 128 cm³/mol. The average molecular weight is 512 g/mol. The van der Waals surface area contributed by atoms with Crippen LogP contribution in [-0.2, 0) is 16.9 Å². The maximum atomic E-state index is 15.1. The van der Waals surface area contributed by atoms with Crippen LogP contribution in [0.5, 0.6) is 5.75 Å². The minimum absolute atomic E-state index is 0.0471. The summed E-state index contributed by atoms with van der Waals surface area (Å²) in [5.74, 6) is -2.89. The smallest absolute Gasteiger partial charge is 0.271 e. The molecule has 0 fully saturated rings. The number of fused-ring (bicyclic) bond motifs is 2. The summed E-state index contributed by atoms with van der Waals surface area (Å²) in [5.41, 5.74) is -0.891. The highest BCUT2D eigenvalue weighted by molar-refractivity contribution is 6.02. The highest BCUT2D eigenvalue weighted by atomic mass is 19.1. The predicted octanol–water partition coefficient (Wildman–Crippen LogP) is 4.45. The van der Waals surface area contributed by atoms with Gasteiger partial charge in [-0.1, -0.05) is 0 Å². The molecule has 3 aromatic heterocycles. The number of ether oxygens (including phenoxy) is 1. The lowest BCUT2D eigenvalue weighted by Gasteiger charge is -2.38. The normalized spacial score (nSPS) is 15.2. The summed E-state index contributed by atoms with van der Waals surface area (Å²) in [6.07, 6.45) is 4.32. The Morgan fingerprint density at radius 2 is 1.76 bits per heavy atom. The fourth-order valence-electron chi connectivity index (χ4n) is 4.30. The number of amides is 1. The summed E-state index contributed by atoms with van der Waals surface area (Å²) in [6.45, 7) is 7.68. The second-order valence-electron chi connectivity index (χ2n) is 10.0. The number of anilines is 1. The van der Waals surface area contributed by atoms with Crippen molar-refractivity contribution in [1.82, 2.24) is 19.4 Å². The van der Waals surface area contributed by atoms with Crippen molar-refractivity contribution in [3.63, 3.8) is 0 Å². The van der Waals surface area contributed by atoms with Gasteiger partial charge in [0.1, 0.15) is 22.9 Å². The molecule has 1 aliphatic rings. The van der Waals surface area contributed by atoms with Gasteiger partial charge in [0, 0.05) is 47.9 Å². The number of nitrogens with zero attached hydrogens (tertiary/aromatic N) is 5. The molecule has 1 aliphatic heterocycles. The third-order valence-electron chi connectivity index (χ3n) is 6.22. The first kappa shape index (κ1) is 24.7. The molecule has 0 atom stereocenters. The molecule has 0 spiro atoms. The SMILES string of the molecule is Cc1nc2cc(F)c(-c3cnc(C(C)(C)O)nc3)cn2c1CN1C(=O)C(C)(C)Oc2c(F)cc(F)cc21. The fourth-order valence-corrected chi connectivity index (χ4v) is 4.30. The number of imidazole rings is 1. The average Bonchev–Trinajstić information content (AvgIpc) is 3.10. The molecule has 0 unspecified atom stereocenters. The van der Waals surface area contributed by atoms with Gasteiger partial charge in [-0.3, -0.25) is 9.69 Å². The van der Waals surface area contributed by atoms with Crippen molar-refractivity contribution in [2.24, 2.45) is 0 Å². The van der Waals surface area contributed by atoms with E-state index in [2.05, 4.69) is 15.0 Å². The Labute approximate surface area is 210 Å². The van der Waals surface area contributed by atoms with Crippen LogP contribution in [-0.4, -0.2) is 36.0 Å². The number of benzene rings is 1. The van der Waals surface area contributed by atoms with Gasteiger partial charge in [0.2, 0.25) is 0 Å². The third kappa shape index (κ3) is 4.18. The van der Waals surface area contributed by atoms with Crippen LogP contribution >= 0.6 is 0 Å². The first-order valence-electron chi connectivity index (χ1n) is 11.5. The van der Waals surface area contributed by atoms with E-state index in [4.69, 9.17) is 4.74 Å². The summed E-state index contributed by atoms with van der Waals surface area (Å²) in [5, 5.41) is 10.1. The molecule has 192 valence electrons. The Balaban J connectivity index is 1.62. The molecule has 1 amide bonds. The highest BCUT2D eigenvalue weighted by Gasteiger charge is 2.43. The molecule has 1 N–H and O–H groups in total. The number of rotatable bonds is 4. The number of halogens is 3. The molecule has 0 radical (unpaired) electrons. The quantitative estimate of drug-likeness (QED) is 0.435. The molecule has 0 saturated carbocycles. The van der Waals surface area contributed by atoms with E-state index in [0.717, 1.165) is 6.07 Å². The van der Waals surface area contributed by atoms with Crippen molar-refractivity contribution in [2.45, 2.75) is 52.4 Å². The molecule has 0 saturated heterocycles. The molecule has 5 rings (SSSR count). The summed E-state index contributed by atoms with van der Waals surface area (Å²) in [6, 6.07) is 2.98. The van der Waals surface area contributed by atoms with Gasteiger partial charge < -0.3 is 14.2 Å². The van der Waals surface area contributed by atoms with Gasteiger partial charge >= 0.3 is 0 Å². The minimum atomic E-state index is -1.41. The molecule has 1 aromatic carbocycles. The van der Waals surface area contributed by atoms with Crippen LogP contribution in [0.1, 0.15) is 44.9 Å². The van der Waals surface area contributed by atoms with Gasteiger partial charge in [-0.15, -0.1) is 0 Å². The largest absolute Gasteiger partial charge is 0.473 e. The topological polar surface area (TPSA) is 92.9 Å². The van der Waals surface area contributed by atoms with Crippen molar-refractivity contribution in [3.8, 4) is 16.9 Å². The molecule has 0 aliphatic carbocycles. The van der Waals surface area contributed by atoms with E-state index in [9.17, 15) is 18.7 Å². The zero-order chi connectivity index (χ0) is 26.9. The van der Waals surface area contributed by atoms with Crippen LogP contribution in [0.15, 0.2) is 36.8 Å². The van der Waals surface area contributed by atoms with Gasteiger partial charge in [0.25, 0.3) is 5.91 Å². The van der Waals surface area contributed by atoms with Crippen LogP contribution in [0.2, 0.25) is 0 Å². The lowest BCUT2D eigenvalue weighted by molar-refractivity contribution is -0.133. The van der Waals surface area contributed by atoms with Crippen molar-refractivity contribution in [1.29, 1.82) is 0 Å². The number of pyridine rings is 1. The van der Waals surface area contributed by atoms with E-state index < -0.39 is 34.6 Å². The van der Waals surface area contributed by atoms with Crippen molar-refractivity contribution in [3.05, 3.63) is 71.5 Å². The first-order valence-corrected chi connectivity index (χ1v) is 11.5. The van der Waals surface area contributed by atoms with Crippen LogP contribution in [0.25, 0.3) is 16.8 Å².